The van der Waals surface area contributed by atoms with E-state index < -0.39 is 45.9 Å². The van der Waals surface area contributed by atoms with Crippen LogP contribution in [0.25, 0.3) is 0 Å². The number of carbonyl (C=O) groups excluding carboxylic acids is 2. The Morgan fingerprint density at radius 2 is 1.81 bits per heavy atom. The van der Waals surface area contributed by atoms with Gasteiger partial charge in [-0.05, 0) is 61.2 Å². The zero-order valence-electron chi connectivity index (χ0n) is 18.8. The van der Waals surface area contributed by atoms with Crippen molar-refractivity contribution in [2.24, 2.45) is 11.7 Å². The van der Waals surface area contributed by atoms with Crippen molar-refractivity contribution in [1.82, 2.24) is 10.2 Å². The van der Waals surface area contributed by atoms with Gasteiger partial charge in [0, 0.05) is 24.7 Å². The molecule has 2 aromatic rings. The van der Waals surface area contributed by atoms with Gasteiger partial charge in [0.25, 0.3) is 10.0 Å². The molecule has 3 rings (SSSR count). The van der Waals surface area contributed by atoms with Crippen molar-refractivity contribution in [2.75, 3.05) is 30.5 Å². The Hall–Kier alpha value is -2.70. The standard InChI is InChI=1S/C22H23Cl2F3N4O4S/c23-16-4-6-17(7-5-16)36(34,35)31(19-10-15(22(25,26)27)3-8-18(19)24)13-20(32)30-9-1-2-14(12-30)11-29-21(28)33/h3-8,10,14H,1-2,9,11-13H2,(H3,28,29,33). The average Bonchev–Trinajstić information content (AvgIpc) is 2.81. The SMILES string of the molecule is NC(=O)NCC1CCCN(C(=O)CN(c2cc(C(F)(F)F)ccc2Cl)S(=O)(=O)c2ccc(Cl)cc2)C1. The van der Waals surface area contributed by atoms with Crippen LogP contribution >= 0.6 is 23.2 Å². The highest BCUT2D eigenvalue weighted by Gasteiger charge is 2.35. The molecule has 1 unspecified atom stereocenters. The van der Waals surface area contributed by atoms with Gasteiger partial charge >= 0.3 is 12.2 Å². The lowest BCUT2D eigenvalue weighted by molar-refractivity contribution is -0.137. The molecule has 0 bridgehead atoms. The minimum atomic E-state index is -4.77. The first-order valence-corrected chi connectivity index (χ1v) is 12.9. The molecule has 3 N–H and O–H groups in total. The van der Waals surface area contributed by atoms with Crippen LogP contribution in [0.5, 0.6) is 0 Å². The maximum atomic E-state index is 13.5. The van der Waals surface area contributed by atoms with Crippen molar-refractivity contribution in [1.29, 1.82) is 0 Å². The molecule has 1 heterocycles. The van der Waals surface area contributed by atoms with Gasteiger partial charge in [0.15, 0.2) is 0 Å². The van der Waals surface area contributed by atoms with Crippen LogP contribution in [0.3, 0.4) is 0 Å². The molecule has 1 aliphatic rings. The van der Waals surface area contributed by atoms with Gasteiger partial charge in [-0.1, -0.05) is 23.2 Å². The summed E-state index contributed by atoms with van der Waals surface area (Å²) in [5, 5.41) is 2.45. The Morgan fingerprint density at radius 3 is 2.42 bits per heavy atom. The number of anilines is 1. The van der Waals surface area contributed by atoms with Crippen molar-refractivity contribution in [3.05, 3.63) is 58.1 Å². The Bertz CT molecular complexity index is 1230. The Kier molecular flexibility index (Phi) is 8.63. The number of carbonyl (C=O) groups is 2. The lowest BCUT2D eigenvalue weighted by atomic mass is 9.98. The van der Waals surface area contributed by atoms with E-state index in [1.807, 2.05) is 0 Å². The summed E-state index contributed by atoms with van der Waals surface area (Å²) in [5.41, 5.74) is 3.49. The zero-order chi connectivity index (χ0) is 26.7. The predicted molar refractivity (Wildman–Crippen MR) is 129 cm³/mol. The van der Waals surface area contributed by atoms with Gasteiger partial charge in [-0.2, -0.15) is 13.2 Å². The van der Waals surface area contributed by atoms with Gasteiger partial charge in [0.2, 0.25) is 5.91 Å². The summed E-state index contributed by atoms with van der Waals surface area (Å²) in [6.07, 6.45) is -3.48. The number of piperidine rings is 1. The van der Waals surface area contributed by atoms with Gasteiger partial charge in [0.1, 0.15) is 6.54 Å². The van der Waals surface area contributed by atoms with Crippen molar-refractivity contribution < 1.29 is 31.2 Å². The van der Waals surface area contributed by atoms with Crippen molar-refractivity contribution in [3.8, 4) is 0 Å². The van der Waals surface area contributed by atoms with Gasteiger partial charge in [0.05, 0.1) is 21.2 Å². The monoisotopic (exact) mass is 566 g/mol. The molecule has 1 aliphatic heterocycles. The molecule has 0 spiro atoms. The molecule has 8 nitrogen and oxygen atoms in total. The fourth-order valence-electron chi connectivity index (χ4n) is 3.84. The van der Waals surface area contributed by atoms with Crippen LogP contribution in [-0.2, 0) is 21.0 Å². The van der Waals surface area contributed by atoms with Crippen LogP contribution in [-0.4, -0.2) is 51.4 Å². The number of hydrogen-bond donors (Lipinski definition) is 2. The Morgan fingerprint density at radius 1 is 1.14 bits per heavy atom. The minimum Gasteiger partial charge on any atom is -0.352 e. The average molecular weight is 567 g/mol. The highest BCUT2D eigenvalue weighted by molar-refractivity contribution is 7.92. The molecule has 2 aromatic carbocycles. The number of rotatable bonds is 7. The topological polar surface area (TPSA) is 113 Å². The first kappa shape index (κ1) is 27.9. The number of hydrogen-bond acceptors (Lipinski definition) is 4. The molecular formula is C22H23Cl2F3N4O4S. The highest BCUT2D eigenvalue weighted by atomic mass is 35.5. The summed E-state index contributed by atoms with van der Waals surface area (Å²) in [6.45, 7) is -0.0331. The lowest BCUT2D eigenvalue weighted by Gasteiger charge is -2.34. The lowest BCUT2D eigenvalue weighted by Crippen LogP contribution is -2.48. The fraction of sp³-hybridized carbons (Fsp3) is 0.364. The first-order valence-electron chi connectivity index (χ1n) is 10.7. The molecule has 1 saturated heterocycles. The fourth-order valence-corrected chi connectivity index (χ4v) is 5.66. The molecule has 196 valence electrons. The van der Waals surface area contributed by atoms with E-state index in [9.17, 15) is 31.2 Å². The quantitative estimate of drug-likeness (QED) is 0.525. The summed E-state index contributed by atoms with van der Waals surface area (Å²) >= 11 is 12.0. The minimum absolute atomic E-state index is 0.117. The van der Waals surface area contributed by atoms with Crippen LogP contribution < -0.4 is 15.4 Å². The van der Waals surface area contributed by atoms with Gasteiger partial charge < -0.3 is 16.0 Å². The van der Waals surface area contributed by atoms with Gasteiger partial charge in [-0.15, -0.1) is 0 Å². The molecule has 1 atom stereocenters. The van der Waals surface area contributed by atoms with E-state index in [0.717, 1.165) is 12.1 Å². The summed E-state index contributed by atoms with van der Waals surface area (Å²) in [4.78, 5) is 25.3. The van der Waals surface area contributed by atoms with Crippen molar-refractivity contribution in [3.63, 3.8) is 0 Å². The first-order chi connectivity index (χ1) is 16.8. The molecule has 36 heavy (non-hydrogen) atoms. The van der Waals surface area contributed by atoms with E-state index in [-0.39, 0.29) is 33.9 Å². The summed E-state index contributed by atoms with van der Waals surface area (Å²) in [7, 11) is -4.52. The van der Waals surface area contributed by atoms with Gasteiger partial charge in [-0.3, -0.25) is 9.10 Å². The maximum absolute atomic E-state index is 13.5. The normalized spacial score (nSPS) is 16.5. The largest absolute Gasteiger partial charge is 0.416 e. The number of urea groups is 1. The van der Waals surface area contributed by atoms with Crippen LogP contribution in [0.15, 0.2) is 47.4 Å². The number of likely N-dealkylation sites (tertiary alicyclic amines) is 1. The van der Waals surface area contributed by atoms with E-state index >= 15 is 0 Å². The summed E-state index contributed by atoms with van der Waals surface area (Å²) in [5.74, 6) is -0.751. The molecule has 1 fully saturated rings. The smallest absolute Gasteiger partial charge is 0.352 e. The molecule has 0 saturated carbocycles. The summed E-state index contributed by atoms with van der Waals surface area (Å²) < 4.78 is 67.9. The molecular weight excluding hydrogens is 544 g/mol. The highest BCUT2D eigenvalue weighted by Crippen LogP contribution is 2.37. The second-order valence-corrected chi connectivity index (χ2v) is 10.9. The van der Waals surface area contributed by atoms with Crippen molar-refractivity contribution in [2.45, 2.75) is 23.9 Å². The van der Waals surface area contributed by atoms with E-state index in [1.165, 1.54) is 29.2 Å². The van der Waals surface area contributed by atoms with E-state index in [2.05, 4.69) is 5.32 Å². The Balaban J connectivity index is 1.98. The van der Waals surface area contributed by atoms with Crippen LogP contribution in [0, 0.1) is 5.92 Å². The number of amides is 3. The number of nitrogens with two attached hydrogens (primary N) is 1. The van der Waals surface area contributed by atoms with Crippen molar-refractivity contribution >= 4 is 50.9 Å². The number of benzene rings is 2. The number of nitrogens with zero attached hydrogens (tertiary/aromatic N) is 2. The second-order valence-electron chi connectivity index (χ2n) is 8.22. The number of alkyl halides is 3. The molecule has 14 heteroatoms. The molecule has 0 aliphatic carbocycles. The molecule has 3 amide bonds. The maximum Gasteiger partial charge on any atom is 0.416 e. The summed E-state index contributed by atoms with van der Waals surface area (Å²) in [6, 6.07) is 6.53. The van der Waals surface area contributed by atoms with Gasteiger partial charge in [-0.25, -0.2) is 13.2 Å². The second kappa shape index (κ2) is 11.1. The van der Waals surface area contributed by atoms with E-state index in [0.29, 0.717) is 29.8 Å². The van der Waals surface area contributed by atoms with E-state index in [4.69, 9.17) is 28.9 Å². The third-order valence-electron chi connectivity index (χ3n) is 5.66. The zero-order valence-corrected chi connectivity index (χ0v) is 21.1. The Labute approximate surface area is 216 Å². The molecule has 0 aromatic heterocycles. The number of primary amides is 1. The third kappa shape index (κ3) is 6.74. The van der Waals surface area contributed by atoms with E-state index in [1.54, 1.807) is 0 Å². The van der Waals surface area contributed by atoms with Crippen LogP contribution in [0.4, 0.5) is 23.7 Å². The number of nitrogens with one attached hydrogen (secondary N) is 1. The molecule has 0 radical (unpaired) electrons. The van der Waals surface area contributed by atoms with Crippen LogP contribution in [0.1, 0.15) is 18.4 Å². The number of sulfonamides is 1. The third-order valence-corrected chi connectivity index (χ3v) is 8.00. The predicted octanol–water partition coefficient (Wildman–Crippen LogP) is 4.11. The number of halogens is 5. The van der Waals surface area contributed by atoms with Crippen LogP contribution in [0.2, 0.25) is 10.0 Å².